The zero-order valence-corrected chi connectivity index (χ0v) is 14.5. The molecule has 1 amide bonds. The normalized spacial score (nSPS) is 15.4. The number of nitrogens with zero attached hydrogens (tertiary/aromatic N) is 3. The van der Waals surface area contributed by atoms with Gasteiger partial charge in [-0.1, -0.05) is 19.1 Å². The van der Waals surface area contributed by atoms with Crippen LogP contribution in [0.3, 0.4) is 0 Å². The van der Waals surface area contributed by atoms with Crippen LogP contribution in [0.1, 0.15) is 41.5 Å². The van der Waals surface area contributed by atoms with Crippen molar-refractivity contribution in [3.63, 3.8) is 0 Å². The molecule has 0 bridgehead atoms. The molecule has 1 fully saturated rings. The molecule has 0 atom stereocenters. The van der Waals surface area contributed by atoms with Gasteiger partial charge in [0, 0.05) is 24.5 Å². The van der Waals surface area contributed by atoms with Crippen LogP contribution < -0.4 is 5.32 Å². The fourth-order valence-electron chi connectivity index (χ4n) is 2.96. The van der Waals surface area contributed by atoms with Gasteiger partial charge in [0.2, 0.25) is 5.95 Å². The van der Waals surface area contributed by atoms with Gasteiger partial charge in [0.15, 0.2) is 0 Å². The van der Waals surface area contributed by atoms with E-state index in [4.69, 9.17) is 0 Å². The molecular weight excluding hydrogens is 300 g/mol. The molecule has 1 aromatic heterocycles. The largest absolute Gasteiger partial charge is 0.337 e. The molecule has 126 valence electrons. The third-order valence-electron chi connectivity index (χ3n) is 4.42. The highest BCUT2D eigenvalue weighted by molar-refractivity contribution is 5.92. The van der Waals surface area contributed by atoms with Crippen LogP contribution >= 0.6 is 0 Å². The summed E-state index contributed by atoms with van der Waals surface area (Å²) in [7, 11) is 0. The molecule has 2 aromatic rings. The highest BCUT2D eigenvalue weighted by Gasteiger charge is 2.23. The Hall–Kier alpha value is -2.43. The van der Waals surface area contributed by atoms with E-state index in [0.717, 1.165) is 42.9 Å². The summed E-state index contributed by atoms with van der Waals surface area (Å²) in [6, 6.07) is 9.77. The molecule has 0 aliphatic carbocycles. The summed E-state index contributed by atoms with van der Waals surface area (Å²) in [5.41, 5.74) is 3.33. The number of benzene rings is 1. The third-order valence-corrected chi connectivity index (χ3v) is 4.42. The van der Waals surface area contributed by atoms with Crippen molar-refractivity contribution in [1.82, 2.24) is 14.9 Å². The average Bonchev–Trinajstić information content (AvgIpc) is 2.54. The number of hydrogen-bond acceptors (Lipinski definition) is 4. The van der Waals surface area contributed by atoms with Gasteiger partial charge in [-0.2, -0.15) is 0 Å². The Balaban J connectivity index is 1.79. The number of anilines is 2. The second-order valence-electron chi connectivity index (χ2n) is 6.69. The zero-order chi connectivity index (χ0) is 17.1. The van der Waals surface area contributed by atoms with Crippen LogP contribution in [0.4, 0.5) is 11.6 Å². The van der Waals surface area contributed by atoms with Gasteiger partial charge in [-0.05, 0) is 56.4 Å². The minimum absolute atomic E-state index is 0.000285. The molecule has 5 heteroatoms. The number of aryl methyl sites for hydroxylation is 2. The van der Waals surface area contributed by atoms with E-state index in [-0.39, 0.29) is 5.91 Å². The van der Waals surface area contributed by atoms with Gasteiger partial charge in [-0.25, -0.2) is 9.97 Å². The van der Waals surface area contributed by atoms with Crippen LogP contribution in [0.15, 0.2) is 30.3 Å². The Kier molecular flexibility index (Phi) is 4.79. The summed E-state index contributed by atoms with van der Waals surface area (Å²) in [5, 5.41) is 3.20. The predicted molar refractivity (Wildman–Crippen MR) is 95.5 cm³/mol. The SMILES string of the molecule is Cc1cccc(Nc2nc(C)cc(C(=O)N3CCC(C)CC3)n2)c1. The Bertz CT molecular complexity index is 736. The van der Waals surface area contributed by atoms with Crippen molar-refractivity contribution < 1.29 is 4.79 Å². The van der Waals surface area contributed by atoms with E-state index in [1.165, 1.54) is 0 Å². The van der Waals surface area contributed by atoms with Crippen LogP contribution in [0.2, 0.25) is 0 Å². The van der Waals surface area contributed by atoms with E-state index in [0.29, 0.717) is 17.6 Å². The molecule has 1 aliphatic heterocycles. The Morgan fingerprint density at radius 2 is 1.92 bits per heavy atom. The molecule has 3 rings (SSSR count). The molecule has 0 saturated carbocycles. The lowest BCUT2D eigenvalue weighted by atomic mass is 9.99. The van der Waals surface area contributed by atoms with Crippen LogP contribution in [0.25, 0.3) is 0 Å². The first-order valence-corrected chi connectivity index (χ1v) is 8.50. The van der Waals surface area contributed by atoms with E-state index in [1.807, 2.05) is 43.0 Å². The van der Waals surface area contributed by atoms with Crippen LogP contribution in [0.5, 0.6) is 0 Å². The van der Waals surface area contributed by atoms with Crippen molar-refractivity contribution in [1.29, 1.82) is 0 Å². The third kappa shape index (κ3) is 3.91. The van der Waals surface area contributed by atoms with Crippen molar-refractivity contribution in [2.75, 3.05) is 18.4 Å². The van der Waals surface area contributed by atoms with E-state index >= 15 is 0 Å². The lowest BCUT2D eigenvalue weighted by Crippen LogP contribution is -2.38. The highest BCUT2D eigenvalue weighted by Crippen LogP contribution is 2.19. The number of rotatable bonds is 3. The summed E-state index contributed by atoms with van der Waals surface area (Å²) in [6.45, 7) is 7.78. The number of carbonyl (C=O) groups is 1. The molecule has 0 radical (unpaired) electrons. The molecule has 5 nitrogen and oxygen atoms in total. The molecule has 1 aromatic carbocycles. The van der Waals surface area contributed by atoms with E-state index in [2.05, 4.69) is 22.2 Å². The van der Waals surface area contributed by atoms with E-state index in [1.54, 1.807) is 6.07 Å². The first-order chi connectivity index (χ1) is 11.5. The van der Waals surface area contributed by atoms with E-state index in [9.17, 15) is 4.79 Å². The lowest BCUT2D eigenvalue weighted by molar-refractivity contribution is 0.0691. The van der Waals surface area contributed by atoms with Crippen LogP contribution in [0, 0.1) is 19.8 Å². The summed E-state index contributed by atoms with van der Waals surface area (Å²) >= 11 is 0. The molecular formula is C19H24N4O. The first-order valence-electron chi connectivity index (χ1n) is 8.50. The number of amides is 1. The molecule has 0 unspecified atom stereocenters. The van der Waals surface area contributed by atoms with Crippen molar-refractivity contribution in [2.24, 2.45) is 5.92 Å². The van der Waals surface area contributed by atoms with Gasteiger partial charge in [-0.15, -0.1) is 0 Å². The van der Waals surface area contributed by atoms with Gasteiger partial charge in [0.05, 0.1) is 0 Å². The van der Waals surface area contributed by atoms with Gasteiger partial charge in [-0.3, -0.25) is 4.79 Å². The molecule has 24 heavy (non-hydrogen) atoms. The summed E-state index contributed by atoms with van der Waals surface area (Å²) in [5.74, 6) is 1.16. The van der Waals surface area contributed by atoms with Crippen molar-refractivity contribution in [3.05, 3.63) is 47.3 Å². The average molecular weight is 324 g/mol. The fraction of sp³-hybridized carbons (Fsp3) is 0.421. The number of piperidine rings is 1. The number of aromatic nitrogens is 2. The van der Waals surface area contributed by atoms with Crippen molar-refractivity contribution in [2.45, 2.75) is 33.6 Å². The minimum Gasteiger partial charge on any atom is -0.337 e. The quantitative estimate of drug-likeness (QED) is 0.935. The highest BCUT2D eigenvalue weighted by atomic mass is 16.2. The molecule has 1 aliphatic rings. The number of nitrogens with one attached hydrogen (secondary N) is 1. The van der Waals surface area contributed by atoms with Crippen LogP contribution in [-0.2, 0) is 0 Å². The molecule has 0 spiro atoms. The second-order valence-corrected chi connectivity index (χ2v) is 6.69. The maximum absolute atomic E-state index is 12.7. The standard InChI is InChI=1S/C19H24N4O/c1-13-7-9-23(10-8-13)18(24)17-12-15(3)20-19(22-17)21-16-6-4-5-14(2)11-16/h4-6,11-13H,7-10H2,1-3H3,(H,20,21,22). The summed E-state index contributed by atoms with van der Waals surface area (Å²) < 4.78 is 0. The monoisotopic (exact) mass is 324 g/mol. The predicted octanol–water partition coefficient (Wildman–Crippen LogP) is 3.71. The minimum atomic E-state index is -0.000285. The van der Waals surface area contributed by atoms with Crippen LogP contribution in [-0.4, -0.2) is 33.9 Å². The van der Waals surface area contributed by atoms with Gasteiger partial charge in [0.25, 0.3) is 5.91 Å². The molecule has 1 saturated heterocycles. The number of carbonyl (C=O) groups excluding carboxylic acids is 1. The fourth-order valence-corrected chi connectivity index (χ4v) is 2.96. The number of hydrogen-bond donors (Lipinski definition) is 1. The zero-order valence-electron chi connectivity index (χ0n) is 14.5. The summed E-state index contributed by atoms with van der Waals surface area (Å²) in [6.07, 6.45) is 2.12. The van der Waals surface area contributed by atoms with Crippen molar-refractivity contribution >= 4 is 17.5 Å². The molecule has 1 N–H and O–H groups in total. The van der Waals surface area contributed by atoms with Gasteiger partial charge >= 0.3 is 0 Å². The van der Waals surface area contributed by atoms with E-state index < -0.39 is 0 Å². The maximum Gasteiger partial charge on any atom is 0.272 e. The lowest BCUT2D eigenvalue weighted by Gasteiger charge is -2.30. The van der Waals surface area contributed by atoms with Crippen molar-refractivity contribution in [3.8, 4) is 0 Å². The Labute approximate surface area is 143 Å². The number of likely N-dealkylation sites (tertiary alicyclic amines) is 1. The van der Waals surface area contributed by atoms with Gasteiger partial charge < -0.3 is 10.2 Å². The molecule has 2 heterocycles. The topological polar surface area (TPSA) is 58.1 Å². The maximum atomic E-state index is 12.7. The first kappa shape index (κ1) is 16.4. The summed E-state index contributed by atoms with van der Waals surface area (Å²) in [4.78, 5) is 23.5. The second kappa shape index (κ2) is 6.99. The Morgan fingerprint density at radius 1 is 1.17 bits per heavy atom. The Morgan fingerprint density at radius 3 is 2.62 bits per heavy atom. The smallest absolute Gasteiger partial charge is 0.272 e. The van der Waals surface area contributed by atoms with Gasteiger partial charge in [0.1, 0.15) is 5.69 Å².